The number of aromatic nitrogens is 4. The Bertz CT molecular complexity index is 619. The molecule has 0 saturated carbocycles. The molecule has 0 saturated heterocycles. The molecule has 2 heterocycles. The summed E-state index contributed by atoms with van der Waals surface area (Å²) in [5, 5.41) is 10.5. The highest BCUT2D eigenvalue weighted by Crippen LogP contribution is 2.16. The molecule has 0 aliphatic heterocycles. The molecule has 0 fully saturated rings. The van der Waals surface area contributed by atoms with E-state index in [1.165, 1.54) is 0 Å². The average Bonchev–Trinajstić information content (AvgIpc) is 2.80. The number of nitrogens with one attached hydrogen (secondary N) is 1. The SMILES string of the molecule is CC(C)c1cc(C(=O)NCc2nncn2C)cc(N)n1. The van der Waals surface area contributed by atoms with E-state index in [4.69, 9.17) is 5.73 Å². The smallest absolute Gasteiger partial charge is 0.251 e. The van der Waals surface area contributed by atoms with Crippen LogP contribution in [0.25, 0.3) is 0 Å². The van der Waals surface area contributed by atoms with Crippen LogP contribution in [-0.4, -0.2) is 25.7 Å². The van der Waals surface area contributed by atoms with Crippen molar-refractivity contribution in [2.24, 2.45) is 7.05 Å². The van der Waals surface area contributed by atoms with E-state index in [0.29, 0.717) is 23.8 Å². The van der Waals surface area contributed by atoms with E-state index in [2.05, 4.69) is 20.5 Å². The van der Waals surface area contributed by atoms with Gasteiger partial charge in [-0.05, 0) is 18.1 Å². The summed E-state index contributed by atoms with van der Waals surface area (Å²) < 4.78 is 1.75. The number of anilines is 1. The number of amides is 1. The molecule has 20 heavy (non-hydrogen) atoms. The summed E-state index contributed by atoms with van der Waals surface area (Å²) in [4.78, 5) is 16.3. The Labute approximate surface area is 117 Å². The fourth-order valence-corrected chi connectivity index (χ4v) is 1.73. The number of carbonyl (C=O) groups is 1. The molecule has 0 spiro atoms. The van der Waals surface area contributed by atoms with Crippen molar-refractivity contribution in [3.8, 4) is 0 Å². The Hall–Kier alpha value is -2.44. The molecular weight excluding hydrogens is 256 g/mol. The van der Waals surface area contributed by atoms with Crippen molar-refractivity contribution >= 4 is 11.7 Å². The van der Waals surface area contributed by atoms with Gasteiger partial charge in [-0.1, -0.05) is 13.8 Å². The van der Waals surface area contributed by atoms with E-state index >= 15 is 0 Å². The van der Waals surface area contributed by atoms with Gasteiger partial charge in [0.05, 0.1) is 6.54 Å². The maximum absolute atomic E-state index is 12.1. The van der Waals surface area contributed by atoms with Gasteiger partial charge in [0, 0.05) is 18.3 Å². The van der Waals surface area contributed by atoms with Crippen LogP contribution in [-0.2, 0) is 13.6 Å². The van der Waals surface area contributed by atoms with Crippen LogP contribution in [0, 0.1) is 0 Å². The highest BCUT2D eigenvalue weighted by molar-refractivity contribution is 5.94. The summed E-state index contributed by atoms with van der Waals surface area (Å²) in [6.07, 6.45) is 1.59. The Kier molecular flexibility index (Phi) is 3.97. The molecule has 7 heteroatoms. The van der Waals surface area contributed by atoms with Crippen LogP contribution < -0.4 is 11.1 Å². The number of carbonyl (C=O) groups excluding carboxylic acids is 1. The van der Waals surface area contributed by atoms with Gasteiger partial charge in [-0.2, -0.15) is 0 Å². The molecular formula is C13H18N6O. The summed E-state index contributed by atoms with van der Waals surface area (Å²) in [6.45, 7) is 4.32. The standard InChI is InChI=1S/C13H18N6O/c1-8(2)10-4-9(5-11(14)17-10)13(20)15-6-12-18-16-7-19(12)3/h4-5,7-8H,6H2,1-3H3,(H2,14,17)(H,15,20). The van der Waals surface area contributed by atoms with Gasteiger partial charge in [-0.3, -0.25) is 4.79 Å². The summed E-state index contributed by atoms with van der Waals surface area (Å²) in [7, 11) is 1.82. The van der Waals surface area contributed by atoms with Crippen LogP contribution in [0.15, 0.2) is 18.5 Å². The second-order valence-electron chi connectivity index (χ2n) is 4.90. The van der Waals surface area contributed by atoms with Crippen molar-refractivity contribution in [3.05, 3.63) is 35.5 Å². The van der Waals surface area contributed by atoms with E-state index < -0.39 is 0 Å². The molecule has 0 aliphatic rings. The lowest BCUT2D eigenvalue weighted by molar-refractivity contribution is 0.0949. The zero-order chi connectivity index (χ0) is 14.7. The van der Waals surface area contributed by atoms with Crippen molar-refractivity contribution in [2.75, 3.05) is 5.73 Å². The normalized spacial score (nSPS) is 10.8. The third-order valence-corrected chi connectivity index (χ3v) is 2.93. The predicted octanol–water partition coefficient (Wildman–Crippen LogP) is 0.846. The zero-order valence-electron chi connectivity index (χ0n) is 11.8. The fraction of sp³-hybridized carbons (Fsp3) is 0.385. The Morgan fingerprint density at radius 3 is 2.80 bits per heavy atom. The second-order valence-corrected chi connectivity index (χ2v) is 4.90. The van der Waals surface area contributed by atoms with E-state index in [-0.39, 0.29) is 11.8 Å². The Balaban J connectivity index is 2.11. The molecule has 0 atom stereocenters. The van der Waals surface area contributed by atoms with Crippen LogP contribution in [0.2, 0.25) is 0 Å². The lowest BCUT2D eigenvalue weighted by Crippen LogP contribution is -2.25. The molecule has 106 valence electrons. The van der Waals surface area contributed by atoms with E-state index in [1.54, 1.807) is 23.0 Å². The minimum atomic E-state index is -0.205. The maximum atomic E-state index is 12.1. The topological polar surface area (TPSA) is 98.7 Å². The highest BCUT2D eigenvalue weighted by Gasteiger charge is 2.11. The van der Waals surface area contributed by atoms with Gasteiger partial charge in [0.2, 0.25) is 0 Å². The number of pyridine rings is 1. The minimum absolute atomic E-state index is 0.205. The van der Waals surface area contributed by atoms with Crippen molar-refractivity contribution in [2.45, 2.75) is 26.3 Å². The number of hydrogen-bond donors (Lipinski definition) is 2. The first-order chi connectivity index (χ1) is 9.47. The van der Waals surface area contributed by atoms with Crippen LogP contribution in [0.5, 0.6) is 0 Å². The highest BCUT2D eigenvalue weighted by atomic mass is 16.1. The first kappa shape index (κ1) is 14.0. The second kappa shape index (κ2) is 5.68. The van der Waals surface area contributed by atoms with Crippen molar-refractivity contribution < 1.29 is 4.79 Å². The van der Waals surface area contributed by atoms with Gasteiger partial charge in [0.25, 0.3) is 5.91 Å². The third-order valence-electron chi connectivity index (χ3n) is 2.93. The first-order valence-corrected chi connectivity index (χ1v) is 6.36. The molecule has 2 rings (SSSR count). The third kappa shape index (κ3) is 3.11. The van der Waals surface area contributed by atoms with Gasteiger partial charge in [-0.15, -0.1) is 10.2 Å². The van der Waals surface area contributed by atoms with E-state index in [1.807, 2.05) is 20.9 Å². The largest absolute Gasteiger partial charge is 0.384 e. The molecule has 2 aromatic heterocycles. The summed E-state index contributed by atoms with van der Waals surface area (Å²) >= 11 is 0. The molecule has 0 radical (unpaired) electrons. The van der Waals surface area contributed by atoms with Gasteiger partial charge < -0.3 is 15.6 Å². The average molecular weight is 274 g/mol. The van der Waals surface area contributed by atoms with E-state index in [0.717, 1.165) is 5.69 Å². The number of nitrogens with two attached hydrogens (primary N) is 1. The quantitative estimate of drug-likeness (QED) is 0.861. The zero-order valence-corrected chi connectivity index (χ0v) is 11.8. The molecule has 1 amide bonds. The monoisotopic (exact) mass is 274 g/mol. The molecule has 0 unspecified atom stereocenters. The molecule has 0 bridgehead atoms. The summed E-state index contributed by atoms with van der Waals surface area (Å²) in [5.74, 6) is 1.04. The van der Waals surface area contributed by atoms with E-state index in [9.17, 15) is 4.79 Å². The molecule has 0 aromatic carbocycles. The molecule has 2 aromatic rings. The summed E-state index contributed by atoms with van der Waals surface area (Å²) in [6, 6.07) is 3.32. The number of hydrogen-bond acceptors (Lipinski definition) is 5. The van der Waals surface area contributed by atoms with Gasteiger partial charge in [0.15, 0.2) is 5.82 Å². The predicted molar refractivity (Wildman–Crippen MR) is 74.9 cm³/mol. The van der Waals surface area contributed by atoms with Gasteiger partial charge >= 0.3 is 0 Å². The molecule has 7 nitrogen and oxygen atoms in total. The van der Waals surface area contributed by atoms with Gasteiger partial charge in [-0.25, -0.2) is 4.98 Å². The molecule has 3 N–H and O–H groups in total. The van der Waals surface area contributed by atoms with Crippen LogP contribution in [0.3, 0.4) is 0 Å². The number of nitrogen functional groups attached to an aromatic ring is 1. The van der Waals surface area contributed by atoms with Crippen LogP contribution >= 0.6 is 0 Å². The summed E-state index contributed by atoms with van der Waals surface area (Å²) in [5.41, 5.74) is 7.04. The number of rotatable bonds is 4. The Morgan fingerprint density at radius 2 is 2.20 bits per heavy atom. The number of aryl methyl sites for hydroxylation is 1. The molecule has 0 aliphatic carbocycles. The Morgan fingerprint density at radius 1 is 1.45 bits per heavy atom. The van der Waals surface area contributed by atoms with Gasteiger partial charge in [0.1, 0.15) is 12.1 Å². The minimum Gasteiger partial charge on any atom is -0.384 e. The van der Waals surface area contributed by atoms with Crippen LogP contribution in [0.4, 0.5) is 5.82 Å². The lowest BCUT2D eigenvalue weighted by atomic mass is 10.1. The van der Waals surface area contributed by atoms with Crippen LogP contribution in [0.1, 0.15) is 41.6 Å². The number of nitrogens with zero attached hydrogens (tertiary/aromatic N) is 4. The van der Waals surface area contributed by atoms with Crippen molar-refractivity contribution in [1.29, 1.82) is 0 Å². The lowest BCUT2D eigenvalue weighted by Gasteiger charge is -2.09. The van der Waals surface area contributed by atoms with Crippen molar-refractivity contribution in [1.82, 2.24) is 25.1 Å². The fourth-order valence-electron chi connectivity index (χ4n) is 1.73. The maximum Gasteiger partial charge on any atom is 0.251 e. The van der Waals surface area contributed by atoms with Crippen molar-refractivity contribution in [3.63, 3.8) is 0 Å². The first-order valence-electron chi connectivity index (χ1n) is 6.36.